The maximum absolute atomic E-state index is 5.76. The molecule has 0 spiro atoms. The topological polar surface area (TPSA) is 43.8 Å². The number of rotatable bonds is 2. The van der Waals surface area contributed by atoms with Crippen LogP contribution in [-0.4, -0.2) is 14.5 Å². The number of imidazole rings is 1. The van der Waals surface area contributed by atoms with Crippen LogP contribution in [0.4, 0.5) is 0 Å². The van der Waals surface area contributed by atoms with Gasteiger partial charge < -0.3 is 5.73 Å². The highest BCUT2D eigenvalue weighted by Crippen LogP contribution is 2.20. The first-order chi connectivity index (χ1) is 8.77. The molecule has 0 aliphatic rings. The Kier molecular flexibility index (Phi) is 2.57. The predicted molar refractivity (Wildman–Crippen MR) is 77.0 cm³/mol. The second-order valence-corrected chi connectivity index (χ2v) is 4.42. The van der Waals surface area contributed by atoms with Crippen molar-refractivity contribution in [3.05, 3.63) is 60.4 Å². The Hall–Kier alpha value is -2.20. The smallest absolute Gasteiger partial charge is 0.106 e. The second kappa shape index (κ2) is 4.23. The van der Waals surface area contributed by atoms with Crippen molar-refractivity contribution in [3.63, 3.8) is 0 Å². The normalized spacial score (nSPS) is 10.7. The summed E-state index contributed by atoms with van der Waals surface area (Å²) in [4.78, 5) is 4.77. The molecule has 0 fully saturated rings. The van der Waals surface area contributed by atoms with E-state index in [0.717, 1.165) is 22.3 Å². The Bertz CT molecular complexity index is 730. The number of benzene rings is 2. The maximum Gasteiger partial charge on any atom is 0.106 e. The maximum atomic E-state index is 5.76. The molecule has 0 amide bonds. The van der Waals surface area contributed by atoms with E-state index in [9.17, 15) is 0 Å². The van der Waals surface area contributed by atoms with Crippen LogP contribution in [0.3, 0.4) is 0 Å². The Morgan fingerprint density at radius 1 is 1.06 bits per heavy atom. The Morgan fingerprint density at radius 2 is 1.78 bits per heavy atom. The number of thiocarbonyl (C=S) groups is 1. The van der Waals surface area contributed by atoms with Crippen LogP contribution in [0.25, 0.3) is 16.7 Å². The first-order valence-electron chi connectivity index (χ1n) is 5.58. The third-order valence-electron chi connectivity index (χ3n) is 2.88. The molecule has 0 aliphatic carbocycles. The molecule has 88 valence electrons. The predicted octanol–water partition coefficient (Wildman–Crippen LogP) is 2.66. The lowest BCUT2D eigenvalue weighted by atomic mass is 10.1. The molecule has 2 aromatic carbocycles. The molecule has 3 aromatic rings. The first kappa shape index (κ1) is 10.9. The zero-order chi connectivity index (χ0) is 12.5. The molecule has 0 saturated heterocycles. The molecule has 3 nitrogen and oxygen atoms in total. The van der Waals surface area contributed by atoms with Crippen LogP contribution < -0.4 is 5.73 Å². The van der Waals surface area contributed by atoms with Crippen molar-refractivity contribution in [2.45, 2.75) is 0 Å². The molecule has 3 rings (SSSR count). The van der Waals surface area contributed by atoms with Gasteiger partial charge in [0.2, 0.25) is 0 Å². The largest absolute Gasteiger partial charge is 0.389 e. The van der Waals surface area contributed by atoms with E-state index < -0.39 is 0 Å². The lowest BCUT2D eigenvalue weighted by Crippen LogP contribution is -2.12. The van der Waals surface area contributed by atoms with Crippen LogP contribution in [0.15, 0.2) is 54.9 Å². The zero-order valence-corrected chi connectivity index (χ0v) is 10.4. The van der Waals surface area contributed by atoms with E-state index in [1.807, 2.05) is 53.1 Å². The Balaban J connectivity index is 2.30. The van der Waals surface area contributed by atoms with Gasteiger partial charge in [0.1, 0.15) is 11.3 Å². The highest BCUT2D eigenvalue weighted by Gasteiger charge is 2.09. The molecular formula is C14H11N3S. The van der Waals surface area contributed by atoms with Gasteiger partial charge in [-0.05, 0) is 24.3 Å². The summed E-state index contributed by atoms with van der Waals surface area (Å²) in [7, 11) is 0. The standard InChI is InChI=1S/C14H11N3S/c15-14(18)10-5-1-3-7-12(10)17-9-16-11-6-2-4-8-13(11)17/h1-9H,(H2,15,18). The lowest BCUT2D eigenvalue weighted by Gasteiger charge is -2.09. The quantitative estimate of drug-likeness (QED) is 0.714. The number of fused-ring (bicyclic) bond motifs is 1. The van der Waals surface area contributed by atoms with Crippen molar-refractivity contribution in [3.8, 4) is 5.69 Å². The second-order valence-electron chi connectivity index (χ2n) is 3.98. The fourth-order valence-corrected chi connectivity index (χ4v) is 2.22. The summed E-state index contributed by atoms with van der Waals surface area (Å²) in [5.41, 5.74) is 9.57. The van der Waals surface area contributed by atoms with Gasteiger partial charge in [0.15, 0.2) is 0 Å². The fourth-order valence-electron chi connectivity index (χ4n) is 2.04. The summed E-state index contributed by atoms with van der Waals surface area (Å²) in [5.74, 6) is 0. The number of para-hydroxylation sites is 3. The van der Waals surface area contributed by atoms with E-state index in [0.29, 0.717) is 4.99 Å². The average Bonchev–Trinajstić information content (AvgIpc) is 2.82. The summed E-state index contributed by atoms with van der Waals surface area (Å²) < 4.78 is 2.00. The molecule has 1 aromatic heterocycles. The molecule has 1 heterocycles. The van der Waals surface area contributed by atoms with Crippen molar-refractivity contribution in [2.75, 3.05) is 0 Å². The van der Waals surface area contributed by atoms with E-state index in [4.69, 9.17) is 18.0 Å². The van der Waals surface area contributed by atoms with Gasteiger partial charge in [-0.1, -0.05) is 36.5 Å². The van der Waals surface area contributed by atoms with Crippen molar-refractivity contribution >= 4 is 28.2 Å². The summed E-state index contributed by atoms with van der Waals surface area (Å²) >= 11 is 5.09. The first-order valence-corrected chi connectivity index (χ1v) is 5.99. The highest BCUT2D eigenvalue weighted by atomic mass is 32.1. The van der Waals surface area contributed by atoms with E-state index in [-0.39, 0.29) is 0 Å². The number of nitrogens with two attached hydrogens (primary N) is 1. The van der Waals surface area contributed by atoms with Gasteiger partial charge in [0.25, 0.3) is 0 Å². The molecule has 4 heteroatoms. The third kappa shape index (κ3) is 1.67. The molecule has 0 atom stereocenters. The van der Waals surface area contributed by atoms with Crippen LogP contribution in [0.5, 0.6) is 0 Å². The molecule has 2 N–H and O–H groups in total. The molecule has 18 heavy (non-hydrogen) atoms. The number of hydrogen-bond donors (Lipinski definition) is 1. The van der Waals surface area contributed by atoms with Crippen molar-refractivity contribution in [2.24, 2.45) is 5.73 Å². The van der Waals surface area contributed by atoms with E-state index in [1.54, 1.807) is 6.33 Å². The number of nitrogens with zero attached hydrogens (tertiary/aromatic N) is 2. The van der Waals surface area contributed by atoms with Crippen molar-refractivity contribution in [1.29, 1.82) is 0 Å². The SMILES string of the molecule is NC(=S)c1ccccc1-n1cnc2ccccc21. The van der Waals surface area contributed by atoms with Crippen LogP contribution in [0, 0.1) is 0 Å². The van der Waals surface area contributed by atoms with E-state index in [1.165, 1.54) is 0 Å². The lowest BCUT2D eigenvalue weighted by molar-refractivity contribution is 1.09. The van der Waals surface area contributed by atoms with Gasteiger partial charge in [-0.2, -0.15) is 0 Å². The molecule has 0 aliphatic heterocycles. The minimum atomic E-state index is 0.392. The van der Waals surface area contributed by atoms with E-state index >= 15 is 0 Å². The van der Waals surface area contributed by atoms with Crippen LogP contribution in [0.1, 0.15) is 5.56 Å². The fraction of sp³-hybridized carbons (Fsp3) is 0. The minimum absolute atomic E-state index is 0.392. The molecule has 0 saturated carbocycles. The summed E-state index contributed by atoms with van der Waals surface area (Å²) in [6.07, 6.45) is 1.79. The Labute approximate surface area is 110 Å². The Morgan fingerprint density at radius 3 is 2.61 bits per heavy atom. The molecular weight excluding hydrogens is 242 g/mol. The van der Waals surface area contributed by atoms with Gasteiger partial charge in [-0.15, -0.1) is 0 Å². The van der Waals surface area contributed by atoms with Gasteiger partial charge in [0.05, 0.1) is 16.7 Å². The minimum Gasteiger partial charge on any atom is -0.389 e. The van der Waals surface area contributed by atoms with Gasteiger partial charge in [0, 0.05) is 5.56 Å². The monoisotopic (exact) mass is 253 g/mol. The van der Waals surface area contributed by atoms with Crippen LogP contribution >= 0.6 is 12.2 Å². The molecule has 0 radical (unpaired) electrons. The highest BCUT2D eigenvalue weighted by molar-refractivity contribution is 7.80. The van der Waals surface area contributed by atoms with E-state index in [2.05, 4.69) is 4.98 Å². The van der Waals surface area contributed by atoms with Crippen LogP contribution in [-0.2, 0) is 0 Å². The number of hydrogen-bond acceptors (Lipinski definition) is 2. The summed E-state index contributed by atoms with van der Waals surface area (Å²) in [5, 5.41) is 0. The third-order valence-corrected chi connectivity index (χ3v) is 3.10. The van der Waals surface area contributed by atoms with Crippen molar-refractivity contribution in [1.82, 2.24) is 9.55 Å². The number of aromatic nitrogens is 2. The molecule has 0 bridgehead atoms. The average molecular weight is 253 g/mol. The van der Waals surface area contributed by atoms with Gasteiger partial charge in [-0.25, -0.2) is 4.98 Å². The summed E-state index contributed by atoms with van der Waals surface area (Å²) in [6, 6.07) is 15.8. The van der Waals surface area contributed by atoms with Crippen LogP contribution in [0.2, 0.25) is 0 Å². The molecule has 0 unspecified atom stereocenters. The van der Waals surface area contributed by atoms with Gasteiger partial charge >= 0.3 is 0 Å². The van der Waals surface area contributed by atoms with Crippen molar-refractivity contribution < 1.29 is 0 Å². The van der Waals surface area contributed by atoms with Gasteiger partial charge in [-0.3, -0.25) is 4.57 Å². The zero-order valence-electron chi connectivity index (χ0n) is 9.58. The summed E-state index contributed by atoms with van der Waals surface area (Å²) in [6.45, 7) is 0.